The minimum atomic E-state index is -4.63. The molecule has 0 fully saturated rings. The molecule has 0 N–H and O–H groups in total. The van der Waals surface area contributed by atoms with Crippen LogP contribution in [-0.2, 0) is 6.18 Å². The maximum atomic E-state index is 14.1. The van der Waals surface area contributed by atoms with E-state index in [0.29, 0.717) is 12.6 Å². The lowest BCUT2D eigenvalue weighted by molar-refractivity contribution is -0.139. The molecule has 0 aliphatic heterocycles. The first kappa shape index (κ1) is 20.9. The van der Waals surface area contributed by atoms with E-state index in [9.17, 15) is 17.6 Å². The quantitative estimate of drug-likeness (QED) is 0.407. The topological polar surface area (TPSA) is 38.2 Å². The maximum absolute atomic E-state index is 14.1. The standard InChI is InChI=1S/C19H23F4N3O/c1-3-5-6-9-12-27-17-14(19(21,22)23)13-24-18(25-17)26(4-2)16-11-8-7-10-15(16)20/h7-8,10-11,13H,3-6,9,12H2,1-2H3. The fourth-order valence-electron chi connectivity index (χ4n) is 2.58. The number of ether oxygens (including phenoxy) is 1. The molecule has 1 aromatic carbocycles. The summed E-state index contributed by atoms with van der Waals surface area (Å²) in [6.07, 6.45) is -0.443. The monoisotopic (exact) mass is 385 g/mol. The van der Waals surface area contributed by atoms with Crippen LogP contribution in [0, 0.1) is 5.82 Å². The lowest BCUT2D eigenvalue weighted by atomic mass is 10.2. The predicted molar refractivity (Wildman–Crippen MR) is 95.8 cm³/mol. The van der Waals surface area contributed by atoms with Gasteiger partial charge < -0.3 is 9.64 Å². The first-order valence-electron chi connectivity index (χ1n) is 8.97. The van der Waals surface area contributed by atoms with E-state index >= 15 is 0 Å². The molecule has 0 aliphatic rings. The van der Waals surface area contributed by atoms with Crippen LogP contribution in [0.5, 0.6) is 5.88 Å². The van der Waals surface area contributed by atoms with Crippen molar-refractivity contribution in [3.8, 4) is 5.88 Å². The third-order valence-corrected chi connectivity index (χ3v) is 3.98. The Labute approximate surface area is 156 Å². The van der Waals surface area contributed by atoms with Crippen LogP contribution in [0.2, 0.25) is 0 Å². The second-order valence-corrected chi connectivity index (χ2v) is 5.99. The second-order valence-electron chi connectivity index (χ2n) is 5.99. The van der Waals surface area contributed by atoms with Gasteiger partial charge in [-0.25, -0.2) is 9.37 Å². The minimum Gasteiger partial charge on any atom is -0.477 e. The molecule has 148 valence electrons. The molecule has 1 aromatic heterocycles. The van der Waals surface area contributed by atoms with Crippen molar-refractivity contribution in [1.82, 2.24) is 9.97 Å². The van der Waals surface area contributed by atoms with Crippen LogP contribution in [0.15, 0.2) is 30.5 Å². The Morgan fingerprint density at radius 3 is 2.44 bits per heavy atom. The summed E-state index contributed by atoms with van der Waals surface area (Å²) in [5.74, 6) is -1.08. The number of nitrogens with zero attached hydrogens (tertiary/aromatic N) is 3. The zero-order valence-electron chi connectivity index (χ0n) is 15.4. The molecule has 2 rings (SSSR count). The van der Waals surface area contributed by atoms with Crippen LogP contribution in [0.1, 0.15) is 45.1 Å². The molecule has 4 nitrogen and oxygen atoms in total. The summed E-state index contributed by atoms with van der Waals surface area (Å²) >= 11 is 0. The SMILES string of the molecule is CCCCCCOc1nc(N(CC)c2ccccc2F)ncc1C(F)(F)F. The van der Waals surface area contributed by atoms with Crippen LogP contribution in [-0.4, -0.2) is 23.1 Å². The van der Waals surface area contributed by atoms with E-state index in [-0.39, 0.29) is 24.8 Å². The number of unbranched alkanes of at least 4 members (excludes halogenated alkanes) is 3. The fraction of sp³-hybridized carbons (Fsp3) is 0.474. The van der Waals surface area contributed by atoms with Crippen LogP contribution in [0.4, 0.5) is 29.2 Å². The van der Waals surface area contributed by atoms with Crippen molar-refractivity contribution in [3.63, 3.8) is 0 Å². The largest absolute Gasteiger partial charge is 0.477 e. The van der Waals surface area contributed by atoms with Crippen LogP contribution in [0.3, 0.4) is 0 Å². The van der Waals surface area contributed by atoms with Crippen molar-refractivity contribution >= 4 is 11.6 Å². The molecule has 0 unspecified atom stereocenters. The zero-order chi connectivity index (χ0) is 19.9. The minimum absolute atomic E-state index is 0.0424. The summed E-state index contributed by atoms with van der Waals surface area (Å²) in [6, 6.07) is 5.96. The first-order valence-corrected chi connectivity index (χ1v) is 8.97. The number of hydrogen-bond acceptors (Lipinski definition) is 4. The van der Waals surface area contributed by atoms with Crippen LogP contribution < -0.4 is 9.64 Å². The summed E-state index contributed by atoms with van der Waals surface area (Å²) < 4.78 is 59.2. The lowest BCUT2D eigenvalue weighted by Gasteiger charge is -2.22. The lowest BCUT2D eigenvalue weighted by Crippen LogP contribution is -2.21. The number of halogens is 4. The van der Waals surface area contributed by atoms with Gasteiger partial charge in [0.05, 0.1) is 12.3 Å². The number of rotatable bonds is 9. The van der Waals surface area contributed by atoms with E-state index in [1.54, 1.807) is 13.0 Å². The normalized spacial score (nSPS) is 11.5. The van der Waals surface area contributed by atoms with E-state index in [1.807, 2.05) is 6.92 Å². The van der Waals surface area contributed by atoms with Crippen molar-refractivity contribution in [2.24, 2.45) is 0 Å². The molecular weight excluding hydrogens is 362 g/mol. The highest BCUT2D eigenvalue weighted by atomic mass is 19.4. The van der Waals surface area contributed by atoms with Crippen LogP contribution in [0.25, 0.3) is 0 Å². The number of anilines is 2. The first-order chi connectivity index (χ1) is 12.9. The molecule has 0 radical (unpaired) electrons. The van der Waals surface area contributed by atoms with Gasteiger partial charge in [-0.1, -0.05) is 38.3 Å². The van der Waals surface area contributed by atoms with Gasteiger partial charge in [-0.2, -0.15) is 18.2 Å². The van der Waals surface area contributed by atoms with Crippen molar-refractivity contribution in [2.75, 3.05) is 18.1 Å². The van der Waals surface area contributed by atoms with E-state index in [1.165, 1.54) is 23.1 Å². The Kier molecular flexibility index (Phi) is 7.38. The Hall–Kier alpha value is -2.38. The zero-order valence-corrected chi connectivity index (χ0v) is 15.4. The molecule has 0 atom stereocenters. The molecule has 2 aromatic rings. The predicted octanol–water partition coefficient (Wildman–Crippen LogP) is 5.75. The highest BCUT2D eigenvalue weighted by Gasteiger charge is 2.36. The third kappa shape index (κ3) is 5.55. The Bertz CT molecular complexity index is 737. The van der Waals surface area contributed by atoms with Crippen molar-refractivity contribution in [1.29, 1.82) is 0 Å². The Morgan fingerprint density at radius 1 is 1.07 bits per heavy atom. The molecule has 0 bridgehead atoms. The van der Waals surface area contributed by atoms with Gasteiger partial charge in [0.2, 0.25) is 11.8 Å². The number of alkyl halides is 3. The maximum Gasteiger partial charge on any atom is 0.423 e. The second kappa shape index (κ2) is 9.53. The summed E-state index contributed by atoms with van der Waals surface area (Å²) in [5.41, 5.74) is -0.847. The van der Waals surface area contributed by atoms with Crippen molar-refractivity contribution in [2.45, 2.75) is 45.7 Å². The summed E-state index contributed by atoms with van der Waals surface area (Å²) in [6.45, 7) is 4.19. The van der Waals surface area contributed by atoms with E-state index in [0.717, 1.165) is 19.3 Å². The van der Waals surface area contributed by atoms with Gasteiger partial charge >= 0.3 is 6.18 Å². The highest BCUT2D eigenvalue weighted by molar-refractivity contribution is 5.58. The molecule has 0 spiro atoms. The van der Waals surface area contributed by atoms with Gasteiger partial charge in [0.25, 0.3) is 0 Å². The highest BCUT2D eigenvalue weighted by Crippen LogP contribution is 2.36. The average molecular weight is 385 g/mol. The summed E-state index contributed by atoms with van der Waals surface area (Å²) in [4.78, 5) is 9.15. The number of hydrogen-bond donors (Lipinski definition) is 0. The molecular formula is C19H23F4N3O. The Balaban J connectivity index is 2.31. The summed E-state index contributed by atoms with van der Waals surface area (Å²) in [5, 5.41) is 0. The number of aromatic nitrogens is 2. The molecule has 0 aliphatic carbocycles. The summed E-state index contributed by atoms with van der Waals surface area (Å²) in [7, 11) is 0. The number of para-hydroxylation sites is 1. The Morgan fingerprint density at radius 2 is 1.81 bits per heavy atom. The van der Waals surface area contributed by atoms with Crippen molar-refractivity contribution < 1.29 is 22.3 Å². The van der Waals surface area contributed by atoms with Crippen molar-refractivity contribution in [3.05, 3.63) is 41.8 Å². The molecule has 0 saturated heterocycles. The van der Waals surface area contributed by atoms with Gasteiger partial charge in [0, 0.05) is 12.7 Å². The molecule has 0 amide bonds. The van der Waals surface area contributed by atoms with Gasteiger partial charge in [0.15, 0.2) is 0 Å². The molecule has 1 heterocycles. The number of benzene rings is 1. The van der Waals surface area contributed by atoms with Crippen LogP contribution >= 0.6 is 0 Å². The van der Waals surface area contributed by atoms with E-state index < -0.39 is 23.4 Å². The van der Waals surface area contributed by atoms with Gasteiger partial charge in [-0.3, -0.25) is 0 Å². The molecule has 27 heavy (non-hydrogen) atoms. The smallest absolute Gasteiger partial charge is 0.423 e. The van der Waals surface area contributed by atoms with Gasteiger partial charge in [-0.15, -0.1) is 0 Å². The molecule has 8 heteroatoms. The van der Waals surface area contributed by atoms with E-state index in [2.05, 4.69) is 9.97 Å². The third-order valence-electron chi connectivity index (χ3n) is 3.98. The van der Waals surface area contributed by atoms with Gasteiger partial charge in [-0.05, 0) is 25.5 Å². The molecule has 0 saturated carbocycles. The fourth-order valence-corrected chi connectivity index (χ4v) is 2.58. The van der Waals surface area contributed by atoms with Gasteiger partial charge in [0.1, 0.15) is 11.4 Å². The average Bonchev–Trinajstić information content (AvgIpc) is 2.63. The van der Waals surface area contributed by atoms with E-state index in [4.69, 9.17) is 4.74 Å².